The van der Waals surface area contributed by atoms with Crippen molar-refractivity contribution in [3.05, 3.63) is 30.1 Å². The number of nitrogens with two attached hydrogens (primary N) is 2. The number of pyridine rings is 1. The van der Waals surface area contributed by atoms with Crippen LogP contribution in [0.1, 0.15) is 31.4 Å². The molecule has 4 N–H and O–H groups in total. The van der Waals surface area contributed by atoms with Gasteiger partial charge in [-0.15, -0.1) is 0 Å². The average molecular weight is 301 g/mol. The van der Waals surface area contributed by atoms with Gasteiger partial charge in [-0.1, -0.05) is 12.8 Å². The molecule has 2 aromatic heterocycles. The average Bonchev–Trinajstić information content (AvgIpc) is 2.97. The molecule has 0 radical (unpaired) electrons. The van der Waals surface area contributed by atoms with E-state index in [0.717, 1.165) is 24.1 Å². The number of rotatable bonds is 3. The van der Waals surface area contributed by atoms with Crippen LogP contribution in [0.5, 0.6) is 0 Å². The Bertz CT molecular complexity index is 635. The number of hydrogen-bond donors (Lipinski definition) is 2. The molecule has 5 nitrogen and oxygen atoms in total. The van der Waals surface area contributed by atoms with E-state index in [9.17, 15) is 0 Å². The first kappa shape index (κ1) is 14.1. The lowest BCUT2D eigenvalue weighted by molar-refractivity contribution is 0.630. The highest BCUT2D eigenvalue weighted by Crippen LogP contribution is 2.48. The van der Waals surface area contributed by atoms with Crippen molar-refractivity contribution in [2.75, 3.05) is 17.7 Å². The van der Waals surface area contributed by atoms with Crippen LogP contribution < -0.4 is 11.5 Å². The van der Waals surface area contributed by atoms with E-state index in [1.165, 1.54) is 12.8 Å². The third kappa shape index (κ3) is 2.68. The Balaban J connectivity index is 2.06. The Morgan fingerprint density at radius 1 is 1.10 bits per heavy atom. The van der Waals surface area contributed by atoms with Gasteiger partial charge >= 0.3 is 0 Å². The number of anilines is 2. The summed E-state index contributed by atoms with van der Waals surface area (Å²) < 4.78 is 0.0764. The van der Waals surface area contributed by atoms with Crippen molar-refractivity contribution in [2.24, 2.45) is 0 Å². The molecule has 1 saturated carbocycles. The van der Waals surface area contributed by atoms with Gasteiger partial charge in [0.1, 0.15) is 11.6 Å². The highest BCUT2D eigenvalue weighted by atomic mass is 32.2. The van der Waals surface area contributed by atoms with Crippen LogP contribution in [-0.4, -0.2) is 21.2 Å². The summed E-state index contributed by atoms with van der Waals surface area (Å²) in [6.45, 7) is 0. The van der Waals surface area contributed by atoms with Crippen molar-refractivity contribution >= 4 is 23.4 Å². The normalized spacial score (nSPS) is 17.0. The van der Waals surface area contributed by atoms with E-state index in [1.54, 1.807) is 12.3 Å². The molecule has 3 rings (SSSR count). The van der Waals surface area contributed by atoms with Crippen molar-refractivity contribution < 1.29 is 0 Å². The van der Waals surface area contributed by atoms with Crippen LogP contribution in [-0.2, 0) is 4.75 Å². The van der Waals surface area contributed by atoms with Crippen LogP contribution in [0.15, 0.2) is 24.4 Å². The minimum atomic E-state index is 0.0764. The van der Waals surface area contributed by atoms with E-state index in [-0.39, 0.29) is 4.75 Å². The first-order valence-corrected chi connectivity index (χ1v) is 8.27. The predicted molar refractivity (Wildman–Crippen MR) is 87.7 cm³/mol. The van der Waals surface area contributed by atoms with Gasteiger partial charge in [0.05, 0.1) is 10.4 Å². The van der Waals surface area contributed by atoms with Gasteiger partial charge in [-0.2, -0.15) is 11.8 Å². The molecule has 21 heavy (non-hydrogen) atoms. The molecule has 2 heterocycles. The molecule has 1 aliphatic rings. The Hall–Kier alpha value is -1.82. The second-order valence-electron chi connectivity index (χ2n) is 5.38. The minimum Gasteiger partial charge on any atom is -0.384 e. The van der Waals surface area contributed by atoms with Crippen molar-refractivity contribution in [2.45, 2.75) is 30.4 Å². The zero-order valence-corrected chi connectivity index (χ0v) is 12.9. The second kappa shape index (κ2) is 5.52. The topological polar surface area (TPSA) is 90.7 Å². The van der Waals surface area contributed by atoms with Crippen LogP contribution in [0.3, 0.4) is 0 Å². The Labute approximate surface area is 128 Å². The van der Waals surface area contributed by atoms with Crippen molar-refractivity contribution in [1.82, 2.24) is 15.0 Å². The smallest absolute Gasteiger partial charge is 0.163 e. The fraction of sp³-hybridized carbons (Fsp3) is 0.400. The summed E-state index contributed by atoms with van der Waals surface area (Å²) in [5, 5.41) is 0. The van der Waals surface area contributed by atoms with E-state index in [2.05, 4.69) is 16.2 Å². The number of thioether (sulfide) groups is 1. The summed E-state index contributed by atoms with van der Waals surface area (Å²) in [6.07, 6.45) is 8.60. The van der Waals surface area contributed by atoms with Crippen LogP contribution in [0, 0.1) is 0 Å². The largest absolute Gasteiger partial charge is 0.384 e. The van der Waals surface area contributed by atoms with Gasteiger partial charge < -0.3 is 11.5 Å². The molecular weight excluding hydrogens is 282 g/mol. The van der Waals surface area contributed by atoms with Gasteiger partial charge in [0.25, 0.3) is 0 Å². The van der Waals surface area contributed by atoms with E-state index >= 15 is 0 Å². The van der Waals surface area contributed by atoms with Gasteiger partial charge in [-0.25, -0.2) is 15.0 Å². The summed E-state index contributed by atoms with van der Waals surface area (Å²) >= 11 is 1.87. The first-order valence-electron chi connectivity index (χ1n) is 7.05. The summed E-state index contributed by atoms with van der Waals surface area (Å²) in [4.78, 5) is 13.2. The molecule has 0 aromatic carbocycles. The van der Waals surface area contributed by atoms with Gasteiger partial charge in [-0.05, 0) is 31.2 Å². The molecule has 2 aromatic rings. The van der Waals surface area contributed by atoms with Crippen molar-refractivity contribution in [3.63, 3.8) is 0 Å². The molecule has 0 saturated heterocycles. The fourth-order valence-electron chi connectivity index (χ4n) is 2.88. The van der Waals surface area contributed by atoms with Gasteiger partial charge in [0, 0.05) is 17.8 Å². The highest BCUT2D eigenvalue weighted by molar-refractivity contribution is 7.99. The number of hydrogen-bond acceptors (Lipinski definition) is 6. The molecular formula is C15H19N5S. The lowest BCUT2D eigenvalue weighted by Crippen LogP contribution is -2.20. The zero-order chi connectivity index (χ0) is 14.9. The van der Waals surface area contributed by atoms with Crippen LogP contribution in [0.4, 0.5) is 11.6 Å². The number of aromatic nitrogens is 3. The van der Waals surface area contributed by atoms with Crippen molar-refractivity contribution in [3.8, 4) is 11.4 Å². The minimum absolute atomic E-state index is 0.0764. The Morgan fingerprint density at radius 2 is 1.86 bits per heavy atom. The molecule has 0 atom stereocenters. The third-order valence-electron chi connectivity index (χ3n) is 4.06. The first-order chi connectivity index (χ1) is 10.1. The lowest BCUT2D eigenvalue weighted by Gasteiger charge is -2.26. The van der Waals surface area contributed by atoms with Gasteiger partial charge in [0.15, 0.2) is 5.82 Å². The van der Waals surface area contributed by atoms with E-state index < -0.39 is 0 Å². The zero-order valence-electron chi connectivity index (χ0n) is 12.0. The second-order valence-corrected chi connectivity index (χ2v) is 6.57. The Morgan fingerprint density at radius 3 is 2.48 bits per heavy atom. The third-order valence-corrected chi connectivity index (χ3v) is 5.46. The summed E-state index contributed by atoms with van der Waals surface area (Å²) in [6, 6.07) is 5.54. The number of nitrogen functional groups attached to an aromatic ring is 2. The summed E-state index contributed by atoms with van der Waals surface area (Å²) in [5.74, 6) is 1.62. The van der Waals surface area contributed by atoms with Gasteiger partial charge in [-0.3, -0.25) is 0 Å². The van der Waals surface area contributed by atoms with Gasteiger partial charge in [0.2, 0.25) is 0 Å². The van der Waals surface area contributed by atoms with Crippen LogP contribution in [0.25, 0.3) is 11.4 Å². The maximum atomic E-state index is 6.00. The number of nitrogens with zero attached hydrogens (tertiary/aromatic N) is 3. The molecule has 1 fully saturated rings. The molecule has 0 amide bonds. The molecule has 0 spiro atoms. The monoisotopic (exact) mass is 301 g/mol. The molecule has 1 aliphatic carbocycles. The highest BCUT2D eigenvalue weighted by Gasteiger charge is 2.36. The maximum Gasteiger partial charge on any atom is 0.163 e. The molecule has 110 valence electrons. The standard InChI is InChI=1S/C15H19N5S/c1-21-15(6-2-3-7-15)11-8-13(17)20-14(19-11)10-4-5-12(16)18-9-10/h4-5,8-9H,2-3,6-7H2,1H3,(H2,16,18)(H2,17,19,20). The molecule has 6 heteroatoms. The van der Waals surface area contributed by atoms with E-state index in [4.69, 9.17) is 16.5 Å². The van der Waals surface area contributed by atoms with E-state index in [1.807, 2.05) is 23.9 Å². The van der Waals surface area contributed by atoms with Crippen molar-refractivity contribution in [1.29, 1.82) is 0 Å². The SMILES string of the molecule is CSC1(c2cc(N)nc(-c3ccc(N)nc3)n2)CCCC1. The lowest BCUT2D eigenvalue weighted by atomic mass is 10.0. The molecule has 0 aliphatic heterocycles. The van der Waals surface area contributed by atoms with Crippen LogP contribution >= 0.6 is 11.8 Å². The quantitative estimate of drug-likeness (QED) is 0.906. The summed E-state index contributed by atoms with van der Waals surface area (Å²) in [7, 11) is 0. The molecule has 0 bridgehead atoms. The Kier molecular flexibility index (Phi) is 3.71. The predicted octanol–water partition coefficient (Wildman–Crippen LogP) is 2.84. The van der Waals surface area contributed by atoms with E-state index in [0.29, 0.717) is 17.5 Å². The van der Waals surface area contributed by atoms with Crippen LogP contribution in [0.2, 0.25) is 0 Å². The summed E-state index contributed by atoms with van der Waals surface area (Å²) in [5.41, 5.74) is 13.5. The maximum absolute atomic E-state index is 6.00. The molecule has 0 unspecified atom stereocenters. The fourth-order valence-corrected chi connectivity index (χ4v) is 3.89.